The molecule has 8 heteroatoms. The quantitative estimate of drug-likeness (QED) is 0.392. The first-order chi connectivity index (χ1) is 13.0. The van der Waals surface area contributed by atoms with Gasteiger partial charge >= 0.3 is 0 Å². The third kappa shape index (κ3) is 3.08. The van der Waals surface area contributed by atoms with Gasteiger partial charge in [0.05, 0.1) is 22.5 Å². The number of benzene rings is 2. The van der Waals surface area contributed by atoms with Gasteiger partial charge in [-0.2, -0.15) is 0 Å². The number of nitro groups is 1. The molecule has 4 rings (SSSR count). The predicted molar refractivity (Wildman–Crippen MR) is 95.8 cm³/mol. The van der Waals surface area contributed by atoms with E-state index in [0.29, 0.717) is 28.3 Å². The van der Waals surface area contributed by atoms with Crippen LogP contribution >= 0.6 is 0 Å². The fourth-order valence-corrected chi connectivity index (χ4v) is 2.85. The molecule has 0 aliphatic rings. The molecule has 0 aliphatic heterocycles. The van der Waals surface area contributed by atoms with Crippen molar-refractivity contribution in [1.29, 1.82) is 0 Å². The van der Waals surface area contributed by atoms with Gasteiger partial charge in [-0.1, -0.05) is 17.3 Å². The number of aromatic nitrogens is 3. The van der Waals surface area contributed by atoms with Crippen molar-refractivity contribution in [3.05, 3.63) is 82.7 Å². The van der Waals surface area contributed by atoms with Crippen molar-refractivity contribution in [1.82, 2.24) is 14.7 Å². The van der Waals surface area contributed by atoms with Crippen LogP contribution in [0.2, 0.25) is 0 Å². The minimum atomic E-state index is -0.450. The van der Waals surface area contributed by atoms with Crippen LogP contribution in [0.4, 0.5) is 10.1 Å². The highest BCUT2D eigenvalue weighted by molar-refractivity contribution is 5.80. The Hall–Kier alpha value is -3.81. The second-order valence-electron chi connectivity index (χ2n) is 5.91. The molecule has 0 atom stereocenters. The standard InChI is InChI=1S/C19H13FN4O3/c1-12-18(19(22-27-12)13-3-2-4-14(20)9-13)17-10-23(11-21-17)15-5-7-16(8-6-15)24(25)26/h2-11H,1H3. The van der Waals surface area contributed by atoms with Gasteiger partial charge in [-0.3, -0.25) is 10.1 Å². The number of nitro benzene ring substituents is 1. The molecule has 2 heterocycles. The minimum Gasteiger partial charge on any atom is -0.360 e. The Morgan fingerprint density at radius 2 is 1.96 bits per heavy atom. The highest BCUT2D eigenvalue weighted by atomic mass is 19.1. The van der Waals surface area contributed by atoms with E-state index in [2.05, 4.69) is 10.1 Å². The summed E-state index contributed by atoms with van der Waals surface area (Å²) in [6.45, 7) is 1.76. The van der Waals surface area contributed by atoms with Crippen molar-refractivity contribution in [3.63, 3.8) is 0 Å². The predicted octanol–water partition coefficient (Wildman–Crippen LogP) is 4.55. The van der Waals surface area contributed by atoms with Gasteiger partial charge in [-0.15, -0.1) is 0 Å². The molecule has 0 fully saturated rings. The van der Waals surface area contributed by atoms with Crippen LogP contribution in [0, 0.1) is 22.9 Å². The molecular formula is C19H13FN4O3. The van der Waals surface area contributed by atoms with Crippen molar-refractivity contribution >= 4 is 5.69 Å². The number of aryl methyl sites for hydroxylation is 1. The second kappa shape index (κ2) is 6.49. The second-order valence-corrected chi connectivity index (χ2v) is 5.91. The number of rotatable bonds is 4. The molecule has 27 heavy (non-hydrogen) atoms. The largest absolute Gasteiger partial charge is 0.360 e. The number of nitrogens with zero attached hydrogens (tertiary/aromatic N) is 4. The Bertz CT molecular complexity index is 1130. The van der Waals surface area contributed by atoms with E-state index >= 15 is 0 Å². The molecule has 0 bridgehead atoms. The molecule has 0 unspecified atom stereocenters. The summed E-state index contributed by atoms with van der Waals surface area (Å²) in [7, 11) is 0. The summed E-state index contributed by atoms with van der Waals surface area (Å²) in [5, 5.41) is 14.8. The van der Waals surface area contributed by atoms with E-state index in [1.807, 2.05) is 0 Å². The zero-order valence-corrected chi connectivity index (χ0v) is 14.2. The van der Waals surface area contributed by atoms with Crippen molar-refractivity contribution in [3.8, 4) is 28.2 Å². The number of hydrogen-bond acceptors (Lipinski definition) is 5. The lowest BCUT2D eigenvalue weighted by molar-refractivity contribution is -0.384. The van der Waals surface area contributed by atoms with Gasteiger partial charge in [0.25, 0.3) is 5.69 Å². The summed E-state index contributed by atoms with van der Waals surface area (Å²) in [6, 6.07) is 12.2. The molecule has 0 saturated carbocycles. The zero-order valence-electron chi connectivity index (χ0n) is 14.2. The molecule has 7 nitrogen and oxygen atoms in total. The molecule has 0 spiro atoms. The third-order valence-electron chi connectivity index (χ3n) is 4.16. The van der Waals surface area contributed by atoms with Gasteiger partial charge in [0.1, 0.15) is 17.3 Å². The van der Waals surface area contributed by atoms with E-state index in [9.17, 15) is 14.5 Å². The Morgan fingerprint density at radius 3 is 2.67 bits per heavy atom. The van der Waals surface area contributed by atoms with Gasteiger partial charge in [0.2, 0.25) is 0 Å². The maximum atomic E-state index is 13.6. The molecule has 0 amide bonds. The average molecular weight is 364 g/mol. The van der Waals surface area contributed by atoms with Crippen LogP contribution < -0.4 is 0 Å². The highest BCUT2D eigenvalue weighted by Crippen LogP contribution is 2.33. The number of halogens is 1. The molecule has 2 aromatic heterocycles. The van der Waals surface area contributed by atoms with Gasteiger partial charge in [-0.25, -0.2) is 9.37 Å². The summed E-state index contributed by atoms with van der Waals surface area (Å²) in [4.78, 5) is 14.7. The summed E-state index contributed by atoms with van der Waals surface area (Å²) < 4.78 is 20.6. The van der Waals surface area contributed by atoms with Gasteiger partial charge in [0, 0.05) is 29.6 Å². The molecule has 0 radical (unpaired) electrons. The molecule has 0 N–H and O–H groups in total. The van der Waals surface area contributed by atoms with Crippen LogP contribution in [0.5, 0.6) is 0 Å². The monoisotopic (exact) mass is 364 g/mol. The molecule has 2 aromatic carbocycles. The average Bonchev–Trinajstić information content (AvgIpc) is 3.28. The number of non-ortho nitro benzene ring substituents is 1. The molecule has 4 aromatic rings. The minimum absolute atomic E-state index is 0.0161. The first-order valence-corrected chi connectivity index (χ1v) is 8.04. The van der Waals surface area contributed by atoms with Crippen LogP contribution in [0.3, 0.4) is 0 Å². The van der Waals surface area contributed by atoms with E-state index < -0.39 is 4.92 Å². The van der Waals surface area contributed by atoms with Crippen LogP contribution in [0.15, 0.2) is 65.6 Å². The van der Waals surface area contributed by atoms with E-state index in [1.54, 1.807) is 48.3 Å². The summed E-state index contributed by atoms with van der Waals surface area (Å²) in [5.41, 5.74) is 3.10. The van der Waals surface area contributed by atoms with Crippen LogP contribution in [0.25, 0.3) is 28.2 Å². The topological polar surface area (TPSA) is 87.0 Å². The number of hydrogen-bond donors (Lipinski definition) is 0. The Kier molecular flexibility index (Phi) is 4.00. The normalized spacial score (nSPS) is 10.9. The lowest BCUT2D eigenvalue weighted by Crippen LogP contribution is -1.92. The smallest absolute Gasteiger partial charge is 0.269 e. The first kappa shape index (κ1) is 16.6. The lowest BCUT2D eigenvalue weighted by atomic mass is 10.0. The van der Waals surface area contributed by atoms with Gasteiger partial charge < -0.3 is 9.09 Å². The highest BCUT2D eigenvalue weighted by Gasteiger charge is 2.19. The van der Waals surface area contributed by atoms with E-state index in [4.69, 9.17) is 4.52 Å². The molecule has 0 saturated heterocycles. The Morgan fingerprint density at radius 1 is 1.19 bits per heavy atom. The van der Waals surface area contributed by atoms with Crippen molar-refractivity contribution in [2.75, 3.05) is 0 Å². The summed E-state index contributed by atoms with van der Waals surface area (Å²) in [6.07, 6.45) is 3.36. The first-order valence-electron chi connectivity index (χ1n) is 8.04. The fourth-order valence-electron chi connectivity index (χ4n) is 2.85. The zero-order chi connectivity index (χ0) is 19.0. The van der Waals surface area contributed by atoms with Crippen LogP contribution in [0.1, 0.15) is 5.76 Å². The Balaban J connectivity index is 1.74. The summed E-state index contributed by atoms with van der Waals surface area (Å²) in [5.74, 6) is 0.193. The number of imidazole rings is 1. The van der Waals surface area contributed by atoms with Crippen molar-refractivity contribution < 1.29 is 13.8 Å². The van der Waals surface area contributed by atoms with E-state index in [0.717, 1.165) is 5.69 Å². The van der Waals surface area contributed by atoms with Crippen molar-refractivity contribution in [2.45, 2.75) is 6.92 Å². The van der Waals surface area contributed by atoms with Crippen LogP contribution in [-0.4, -0.2) is 19.6 Å². The fraction of sp³-hybridized carbons (Fsp3) is 0.0526. The molecule has 0 aliphatic carbocycles. The summed E-state index contributed by atoms with van der Waals surface area (Å²) >= 11 is 0. The SMILES string of the molecule is Cc1onc(-c2cccc(F)c2)c1-c1cn(-c2ccc([N+](=O)[O-])cc2)cn1. The third-order valence-corrected chi connectivity index (χ3v) is 4.16. The molecule has 134 valence electrons. The van der Waals surface area contributed by atoms with E-state index in [-0.39, 0.29) is 11.5 Å². The Labute approximate surface area is 152 Å². The molecular weight excluding hydrogens is 351 g/mol. The maximum Gasteiger partial charge on any atom is 0.269 e. The van der Waals surface area contributed by atoms with Crippen molar-refractivity contribution in [2.24, 2.45) is 0 Å². The van der Waals surface area contributed by atoms with Gasteiger partial charge in [-0.05, 0) is 31.2 Å². The lowest BCUT2D eigenvalue weighted by Gasteiger charge is -2.02. The van der Waals surface area contributed by atoms with Crippen LogP contribution in [-0.2, 0) is 0 Å². The maximum absolute atomic E-state index is 13.6. The van der Waals surface area contributed by atoms with E-state index in [1.165, 1.54) is 24.3 Å². The van der Waals surface area contributed by atoms with Gasteiger partial charge in [0.15, 0.2) is 0 Å².